The molecule has 0 radical (unpaired) electrons. The molecule has 1 saturated heterocycles. The topological polar surface area (TPSA) is 78.5 Å². The molecule has 0 unspecified atom stereocenters. The standard InChI is InChI=1S/C20H24N4O3/c1-20(2)13-24(15-6-4-3-5-14(15)20)19(26)11-16-21-17(12-18(25)22-16)23-7-9-27-10-8-23/h3-6,12H,7-11,13H2,1-2H3,(H,21,22,25)/i7D2,9D2. The monoisotopic (exact) mass is 372 g/mol. The molecule has 142 valence electrons. The van der Waals surface area contributed by atoms with Gasteiger partial charge < -0.3 is 19.5 Å². The Hall–Kier alpha value is -2.67. The zero-order valence-corrected chi connectivity index (χ0v) is 15.3. The third kappa shape index (κ3) is 3.47. The highest BCUT2D eigenvalue weighted by Crippen LogP contribution is 2.40. The fraction of sp³-hybridized carbons (Fsp3) is 0.450. The van der Waals surface area contributed by atoms with Crippen LogP contribution in [-0.4, -0.2) is 48.6 Å². The summed E-state index contributed by atoms with van der Waals surface area (Å²) in [5.41, 5.74) is 1.15. The number of nitrogens with one attached hydrogen (secondary N) is 1. The van der Waals surface area contributed by atoms with E-state index in [0.29, 0.717) is 6.54 Å². The number of para-hydroxylation sites is 1. The fourth-order valence-corrected chi connectivity index (χ4v) is 3.53. The summed E-state index contributed by atoms with van der Waals surface area (Å²) < 4.78 is 36.8. The van der Waals surface area contributed by atoms with Gasteiger partial charge in [0.05, 0.1) is 25.1 Å². The Balaban J connectivity index is 1.62. The van der Waals surface area contributed by atoms with Gasteiger partial charge in [0.15, 0.2) is 0 Å². The van der Waals surface area contributed by atoms with Crippen LogP contribution < -0.4 is 15.4 Å². The average molecular weight is 372 g/mol. The Labute approximate surface area is 163 Å². The first-order chi connectivity index (χ1) is 14.4. The number of benzene rings is 1. The van der Waals surface area contributed by atoms with Gasteiger partial charge in [0.1, 0.15) is 11.6 Å². The van der Waals surface area contributed by atoms with Crippen LogP contribution in [-0.2, 0) is 21.4 Å². The number of fused-ring (bicyclic) bond motifs is 1. The second-order valence-electron chi connectivity index (χ2n) is 7.32. The van der Waals surface area contributed by atoms with Crippen LogP contribution >= 0.6 is 0 Å². The molecular weight excluding hydrogens is 344 g/mol. The van der Waals surface area contributed by atoms with E-state index in [4.69, 9.17) is 10.2 Å². The molecule has 0 bridgehead atoms. The number of aromatic nitrogens is 2. The average Bonchev–Trinajstić information content (AvgIpc) is 2.95. The van der Waals surface area contributed by atoms with Gasteiger partial charge in [0.2, 0.25) is 5.91 Å². The number of nitrogens with zero attached hydrogens (tertiary/aromatic N) is 3. The lowest BCUT2D eigenvalue weighted by atomic mass is 9.87. The molecule has 0 spiro atoms. The smallest absolute Gasteiger partial charge is 0.252 e. The third-order valence-electron chi connectivity index (χ3n) is 4.82. The van der Waals surface area contributed by atoms with E-state index in [9.17, 15) is 9.59 Å². The number of carbonyl (C=O) groups is 1. The lowest BCUT2D eigenvalue weighted by molar-refractivity contribution is -0.118. The number of H-pyrrole nitrogens is 1. The summed E-state index contributed by atoms with van der Waals surface area (Å²) in [7, 11) is 0. The van der Waals surface area contributed by atoms with Crippen molar-refractivity contribution in [3.63, 3.8) is 0 Å². The zero-order valence-electron chi connectivity index (χ0n) is 19.3. The summed E-state index contributed by atoms with van der Waals surface area (Å²) in [6.07, 6.45) is -0.173. The van der Waals surface area contributed by atoms with E-state index in [-0.39, 0.29) is 42.5 Å². The van der Waals surface area contributed by atoms with Gasteiger partial charge >= 0.3 is 0 Å². The van der Waals surface area contributed by atoms with Crippen molar-refractivity contribution in [1.29, 1.82) is 0 Å². The van der Waals surface area contributed by atoms with Gasteiger partial charge in [0, 0.05) is 36.8 Å². The predicted molar refractivity (Wildman–Crippen MR) is 103 cm³/mol. The van der Waals surface area contributed by atoms with Crippen molar-refractivity contribution in [2.75, 3.05) is 42.6 Å². The second-order valence-corrected chi connectivity index (χ2v) is 7.32. The van der Waals surface area contributed by atoms with E-state index in [1.54, 1.807) is 4.90 Å². The highest BCUT2D eigenvalue weighted by molar-refractivity contribution is 5.97. The van der Waals surface area contributed by atoms with E-state index in [1.165, 1.54) is 0 Å². The molecular formula is C20H24N4O3. The molecule has 27 heavy (non-hydrogen) atoms. The maximum absolute atomic E-state index is 13.1. The number of carbonyl (C=O) groups excluding carboxylic acids is 1. The van der Waals surface area contributed by atoms with Crippen LogP contribution in [0.3, 0.4) is 0 Å². The molecule has 0 atom stereocenters. The molecule has 2 aliphatic heterocycles. The van der Waals surface area contributed by atoms with Crippen LogP contribution in [0.2, 0.25) is 0 Å². The van der Waals surface area contributed by atoms with Gasteiger partial charge in [-0.25, -0.2) is 4.98 Å². The maximum Gasteiger partial charge on any atom is 0.252 e. The number of rotatable bonds is 3. The van der Waals surface area contributed by atoms with Gasteiger partial charge in [-0.2, -0.15) is 0 Å². The van der Waals surface area contributed by atoms with Crippen molar-refractivity contribution in [2.24, 2.45) is 0 Å². The van der Waals surface area contributed by atoms with Crippen molar-refractivity contribution in [1.82, 2.24) is 9.97 Å². The number of hydrogen-bond acceptors (Lipinski definition) is 5. The summed E-state index contributed by atoms with van der Waals surface area (Å²) in [6, 6.07) is 8.79. The van der Waals surface area contributed by atoms with Crippen LogP contribution in [0.1, 0.15) is 30.7 Å². The summed E-state index contributed by atoms with van der Waals surface area (Å²) in [5.74, 6) is -0.179. The molecule has 2 aromatic rings. The van der Waals surface area contributed by atoms with E-state index < -0.39 is 18.6 Å². The molecule has 1 amide bonds. The first-order valence-corrected chi connectivity index (χ1v) is 8.84. The van der Waals surface area contributed by atoms with Crippen molar-refractivity contribution in [3.05, 3.63) is 52.1 Å². The highest BCUT2D eigenvalue weighted by Gasteiger charge is 2.37. The van der Waals surface area contributed by atoms with E-state index in [1.807, 2.05) is 24.3 Å². The number of aromatic amines is 1. The SMILES string of the molecule is [2H]C1([2H])OCCN(c2cc(=O)[nH]c(CC(=O)N3CC(C)(C)c4ccccc43)n2)C1([2H])[2H]. The van der Waals surface area contributed by atoms with E-state index in [2.05, 4.69) is 23.8 Å². The maximum atomic E-state index is 13.1. The molecule has 3 heterocycles. The normalized spacial score (nSPS) is 24.4. The Morgan fingerprint density at radius 1 is 1.41 bits per heavy atom. The molecule has 1 N–H and O–H groups in total. The van der Waals surface area contributed by atoms with Crippen LogP contribution in [0.4, 0.5) is 11.5 Å². The molecule has 0 aliphatic carbocycles. The number of amides is 1. The lowest BCUT2D eigenvalue weighted by Gasteiger charge is -2.27. The molecule has 7 heteroatoms. The van der Waals surface area contributed by atoms with Crippen molar-refractivity contribution >= 4 is 17.4 Å². The minimum absolute atomic E-state index is 0.0179. The predicted octanol–water partition coefficient (Wildman–Crippen LogP) is 1.47. The van der Waals surface area contributed by atoms with Crippen LogP contribution in [0.15, 0.2) is 35.1 Å². The lowest BCUT2D eigenvalue weighted by Crippen LogP contribution is -2.38. The summed E-state index contributed by atoms with van der Waals surface area (Å²) >= 11 is 0. The number of ether oxygens (including phenoxy) is 1. The van der Waals surface area contributed by atoms with Gasteiger partial charge in [-0.15, -0.1) is 0 Å². The summed E-state index contributed by atoms with van der Waals surface area (Å²) in [4.78, 5) is 34.9. The number of morpholine rings is 1. The van der Waals surface area contributed by atoms with Crippen molar-refractivity contribution in [2.45, 2.75) is 25.7 Å². The van der Waals surface area contributed by atoms with Gasteiger partial charge in [0.25, 0.3) is 5.56 Å². The molecule has 7 nitrogen and oxygen atoms in total. The molecule has 1 fully saturated rings. The Morgan fingerprint density at radius 2 is 2.22 bits per heavy atom. The van der Waals surface area contributed by atoms with Crippen LogP contribution in [0.5, 0.6) is 0 Å². The minimum atomic E-state index is -2.57. The fourth-order valence-electron chi connectivity index (χ4n) is 3.53. The minimum Gasteiger partial charge on any atom is -0.378 e. The Morgan fingerprint density at radius 3 is 3.07 bits per heavy atom. The van der Waals surface area contributed by atoms with E-state index >= 15 is 0 Å². The molecule has 1 aromatic heterocycles. The molecule has 0 saturated carbocycles. The second kappa shape index (κ2) is 6.81. The number of hydrogen-bond donors (Lipinski definition) is 1. The Bertz CT molecular complexity index is 1090. The quantitative estimate of drug-likeness (QED) is 0.883. The van der Waals surface area contributed by atoms with Gasteiger partial charge in [-0.05, 0) is 11.6 Å². The van der Waals surface area contributed by atoms with Gasteiger partial charge in [-0.1, -0.05) is 32.0 Å². The zero-order chi connectivity index (χ0) is 22.6. The van der Waals surface area contributed by atoms with Crippen LogP contribution in [0, 0.1) is 0 Å². The van der Waals surface area contributed by atoms with Gasteiger partial charge in [-0.3, -0.25) is 9.59 Å². The molecule has 4 rings (SSSR count). The number of anilines is 2. The van der Waals surface area contributed by atoms with Crippen molar-refractivity contribution in [3.8, 4) is 0 Å². The first kappa shape index (κ1) is 13.5. The van der Waals surface area contributed by atoms with Crippen LogP contribution in [0.25, 0.3) is 0 Å². The van der Waals surface area contributed by atoms with Crippen molar-refractivity contribution < 1.29 is 15.0 Å². The largest absolute Gasteiger partial charge is 0.378 e. The van der Waals surface area contributed by atoms with E-state index in [0.717, 1.165) is 22.2 Å². The molecule has 2 aliphatic rings. The summed E-state index contributed by atoms with van der Waals surface area (Å²) in [6.45, 7) is -0.523. The highest BCUT2D eigenvalue weighted by atomic mass is 16.5. The third-order valence-corrected chi connectivity index (χ3v) is 4.82. The first-order valence-electron chi connectivity index (χ1n) is 10.8. The molecule has 1 aromatic carbocycles. The summed E-state index contributed by atoms with van der Waals surface area (Å²) in [5, 5.41) is 0. The Kier molecular flexibility index (Phi) is 3.40.